The molecular weight excluding hydrogens is 238 g/mol. The summed E-state index contributed by atoms with van der Waals surface area (Å²) in [4.78, 5) is 16.0. The average Bonchev–Trinajstić information content (AvgIpc) is 2.76. The van der Waals surface area contributed by atoms with Crippen LogP contribution in [0, 0.1) is 6.92 Å². The summed E-state index contributed by atoms with van der Waals surface area (Å²) in [5.41, 5.74) is 1.04. The first-order chi connectivity index (χ1) is 8.25. The van der Waals surface area contributed by atoms with Crippen LogP contribution in [0.5, 0.6) is 0 Å². The molecule has 94 valence electrons. The fraction of sp³-hybridized carbons (Fsp3) is 0.636. The van der Waals surface area contributed by atoms with Crippen molar-refractivity contribution in [3.05, 3.63) is 16.1 Å². The van der Waals surface area contributed by atoms with E-state index < -0.39 is 0 Å². The molecule has 17 heavy (non-hydrogen) atoms. The van der Waals surface area contributed by atoms with Crippen molar-refractivity contribution >= 4 is 17.2 Å². The van der Waals surface area contributed by atoms with Gasteiger partial charge in [0.25, 0.3) is 0 Å². The number of amides is 1. The molecule has 0 aliphatic carbocycles. The number of ether oxygens (including phenoxy) is 1. The highest BCUT2D eigenvalue weighted by Crippen LogP contribution is 2.08. The number of hydrogen-bond donors (Lipinski definition) is 2. The van der Waals surface area contributed by atoms with Crippen molar-refractivity contribution in [2.45, 2.75) is 19.4 Å². The van der Waals surface area contributed by atoms with Crippen LogP contribution in [-0.4, -0.2) is 43.2 Å². The monoisotopic (exact) mass is 255 g/mol. The van der Waals surface area contributed by atoms with Gasteiger partial charge < -0.3 is 15.4 Å². The topological polar surface area (TPSA) is 63.2 Å². The number of carbonyl (C=O) groups excluding carboxylic acids is 1. The minimum atomic E-state index is -0.346. The van der Waals surface area contributed by atoms with E-state index in [1.165, 1.54) is 0 Å². The van der Waals surface area contributed by atoms with Crippen LogP contribution in [0.3, 0.4) is 0 Å². The van der Waals surface area contributed by atoms with Gasteiger partial charge in [-0.2, -0.15) is 0 Å². The first kappa shape index (κ1) is 12.5. The van der Waals surface area contributed by atoms with Gasteiger partial charge in [0.15, 0.2) is 0 Å². The van der Waals surface area contributed by atoms with Crippen molar-refractivity contribution in [2.75, 3.05) is 26.2 Å². The number of morpholine rings is 1. The second-order valence-corrected chi connectivity index (χ2v) is 4.93. The van der Waals surface area contributed by atoms with Crippen LogP contribution in [0.25, 0.3) is 0 Å². The van der Waals surface area contributed by atoms with Gasteiger partial charge in [-0.05, 0) is 6.92 Å². The maximum Gasteiger partial charge on any atom is 0.250 e. The Kier molecular flexibility index (Phi) is 4.47. The molecule has 0 radical (unpaired) electrons. The number of hydrogen-bond acceptors (Lipinski definition) is 5. The van der Waals surface area contributed by atoms with Crippen LogP contribution in [0.15, 0.2) is 5.38 Å². The van der Waals surface area contributed by atoms with Crippen LogP contribution in [0.2, 0.25) is 0 Å². The van der Waals surface area contributed by atoms with E-state index in [1.54, 1.807) is 11.3 Å². The molecule has 1 aromatic heterocycles. The number of carbonyl (C=O) groups is 1. The fourth-order valence-electron chi connectivity index (χ4n) is 1.66. The van der Waals surface area contributed by atoms with Crippen LogP contribution >= 0.6 is 11.3 Å². The van der Waals surface area contributed by atoms with E-state index in [2.05, 4.69) is 15.6 Å². The molecule has 0 aromatic carbocycles. The molecule has 6 heteroatoms. The van der Waals surface area contributed by atoms with Gasteiger partial charge in [-0.1, -0.05) is 0 Å². The molecule has 1 aromatic rings. The van der Waals surface area contributed by atoms with Crippen molar-refractivity contribution in [3.63, 3.8) is 0 Å². The smallest absolute Gasteiger partial charge is 0.250 e. The zero-order valence-electron chi connectivity index (χ0n) is 9.86. The van der Waals surface area contributed by atoms with Crippen molar-refractivity contribution in [1.29, 1.82) is 0 Å². The van der Waals surface area contributed by atoms with E-state index in [4.69, 9.17) is 4.74 Å². The molecule has 1 aliphatic heterocycles. The predicted octanol–water partition coefficient (Wildman–Crippen LogP) is 0.0986. The SMILES string of the molecule is Cc1csc(CCNC(=O)[C@@H]2CNCCO2)n1. The summed E-state index contributed by atoms with van der Waals surface area (Å²) in [7, 11) is 0. The molecular formula is C11H17N3O2S. The second kappa shape index (κ2) is 6.09. The maximum absolute atomic E-state index is 11.7. The molecule has 1 amide bonds. The lowest BCUT2D eigenvalue weighted by molar-refractivity contribution is -0.134. The summed E-state index contributed by atoms with van der Waals surface area (Å²) in [5.74, 6) is -0.0366. The van der Waals surface area contributed by atoms with Gasteiger partial charge in [-0.15, -0.1) is 11.3 Å². The van der Waals surface area contributed by atoms with Gasteiger partial charge in [0.05, 0.1) is 11.6 Å². The third-order valence-corrected chi connectivity index (χ3v) is 3.55. The van der Waals surface area contributed by atoms with Crippen molar-refractivity contribution in [1.82, 2.24) is 15.6 Å². The van der Waals surface area contributed by atoms with Gasteiger partial charge in [-0.3, -0.25) is 4.79 Å². The van der Waals surface area contributed by atoms with Crippen LogP contribution in [0.4, 0.5) is 0 Å². The number of nitrogens with zero attached hydrogens (tertiary/aromatic N) is 1. The summed E-state index contributed by atoms with van der Waals surface area (Å²) < 4.78 is 5.36. The van der Waals surface area contributed by atoms with E-state index in [-0.39, 0.29) is 12.0 Å². The third kappa shape index (κ3) is 3.76. The first-order valence-electron chi connectivity index (χ1n) is 5.77. The summed E-state index contributed by atoms with van der Waals surface area (Å²) in [5, 5.41) is 9.08. The lowest BCUT2D eigenvalue weighted by atomic mass is 10.3. The zero-order chi connectivity index (χ0) is 12.1. The normalized spacial score (nSPS) is 20.2. The van der Waals surface area contributed by atoms with E-state index >= 15 is 0 Å². The predicted molar refractivity (Wildman–Crippen MR) is 66.2 cm³/mol. The highest BCUT2D eigenvalue weighted by Gasteiger charge is 2.20. The van der Waals surface area contributed by atoms with Crippen molar-refractivity contribution in [2.24, 2.45) is 0 Å². The van der Waals surface area contributed by atoms with Gasteiger partial charge in [0.1, 0.15) is 6.10 Å². The molecule has 2 heterocycles. The number of aryl methyl sites for hydroxylation is 1. The fourth-order valence-corrected chi connectivity index (χ4v) is 2.43. The van der Waals surface area contributed by atoms with Gasteiger partial charge >= 0.3 is 0 Å². The van der Waals surface area contributed by atoms with E-state index in [9.17, 15) is 4.79 Å². The zero-order valence-corrected chi connectivity index (χ0v) is 10.7. The van der Waals surface area contributed by atoms with Gasteiger partial charge in [0.2, 0.25) is 5.91 Å². The Balaban J connectivity index is 1.69. The van der Waals surface area contributed by atoms with E-state index in [1.807, 2.05) is 12.3 Å². The molecule has 1 fully saturated rings. The van der Waals surface area contributed by atoms with Crippen LogP contribution < -0.4 is 10.6 Å². The van der Waals surface area contributed by atoms with Gasteiger partial charge in [-0.25, -0.2) is 4.98 Å². The molecule has 0 bridgehead atoms. The largest absolute Gasteiger partial charge is 0.366 e. The van der Waals surface area contributed by atoms with Gasteiger partial charge in [0, 0.05) is 37.1 Å². The number of thiazole rings is 1. The molecule has 0 saturated carbocycles. The lowest BCUT2D eigenvalue weighted by Gasteiger charge is -2.22. The number of rotatable bonds is 4. The highest BCUT2D eigenvalue weighted by atomic mass is 32.1. The third-order valence-electron chi connectivity index (χ3n) is 2.52. The summed E-state index contributed by atoms with van der Waals surface area (Å²) in [6.45, 7) is 4.61. The molecule has 5 nitrogen and oxygen atoms in total. The second-order valence-electron chi connectivity index (χ2n) is 3.99. The molecule has 1 atom stereocenters. The Morgan fingerprint density at radius 2 is 2.65 bits per heavy atom. The molecule has 1 saturated heterocycles. The average molecular weight is 255 g/mol. The molecule has 0 spiro atoms. The Bertz CT molecular complexity index is 375. The van der Waals surface area contributed by atoms with E-state index in [0.29, 0.717) is 19.7 Å². The number of nitrogens with one attached hydrogen (secondary N) is 2. The Morgan fingerprint density at radius 3 is 3.29 bits per heavy atom. The highest BCUT2D eigenvalue weighted by molar-refractivity contribution is 7.09. The maximum atomic E-state index is 11.7. The van der Waals surface area contributed by atoms with Crippen molar-refractivity contribution in [3.8, 4) is 0 Å². The lowest BCUT2D eigenvalue weighted by Crippen LogP contribution is -2.48. The summed E-state index contributed by atoms with van der Waals surface area (Å²) in [6, 6.07) is 0. The Morgan fingerprint density at radius 1 is 1.76 bits per heavy atom. The standard InChI is InChI=1S/C11H17N3O2S/c1-8-7-17-10(14-8)2-3-13-11(15)9-6-12-4-5-16-9/h7,9,12H,2-6H2,1H3,(H,13,15)/t9-/m0/s1. The first-order valence-corrected chi connectivity index (χ1v) is 6.65. The molecule has 2 N–H and O–H groups in total. The molecule has 0 unspecified atom stereocenters. The number of aromatic nitrogens is 1. The summed E-state index contributed by atoms with van der Waals surface area (Å²) >= 11 is 1.63. The quantitative estimate of drug-likeness (QED) is 0.801. The molecule has 2 rings (SSSR count). The minimum absolute atomic E-state index is 0.0366. The minimum Gasteiger partial charge on any atom is -0.366 e. The van der Waals surface area contributed by atoms with Crippen LogP contribution in [0.1, 0.15) is 10.7 Å². The van der Waals surface area contributed by atoms with Crippen molar-refractivity contribution < 1.29 is 9.53 Å². The van der Waals surface area contributed by atoms with Crippen LogP contribution in [-0.2, 0) is 16.0 Å². The summed E-state index contributed by atoms with van der Waals surface area (Å²) in [6.07, 6.45) is 0.437. The van der Waals surface area contributed by atoms with E-state index in [0.717, 1.165) is 23.7 Å². The Hall–Kier alpha value is -0.980. The Labute approximate surface area is 105 Å². The molecule has 1 aliphatic rings.